The van der Waals surface area contributed by atoms with E-state index < -0.39 is 0 Å². The van der Waals surface area contributed by atoms with Crippen LogP contribution in [0.5, 0.6) is 0 Å². The lowest BCUT2D eigenvalue weighted by Gasteiger charge is -2.12. The van der Waals surface area contributed by atoms with Crippen LogP contribution in [0.3, 0.4) is 0 Å². The summed E-state index contributed by atoms with van der Waals surface area (Å²) >= 11 is 0. The van der Waals surface area contributed by atoms with Crippen molar-refractivity contribution >= 4 is 17.5 Å². The van der Waals surface area contributed by atoms with E-state index in [4.69, 9.17) is 0 Å². The van der Waals surface area contributed by atoms with E-state index in [-0.39, 0.29) is 30.7 Å². The summed E-state index contributed by atoms with van der Waals surface area (Å²) in [6, 6.07) is 9.03. The van der Waals surface area contributed by atoms with Crippen LogP contribution < -0.4 is 10.6 Å². The Morgan fingerprint density at radius 1 is 1.11 bits per heavy atom. The fourth-order valence-corrected chi connectivity index (χ4v) is 2.79. The van der Waals surface area contributed by atoms with Crippen molar-refractivity contribution in [2.45, 2.75) is 26.2 Å². The Morgan fingerprint density at radius 2 is 1.96 bits per heavy atom. The smallest absolute Gasteiger partial charge is 0.254 e. The molecule has 0 fully saturated rings. The molecule has 3 rings (SSSR count). The predicted octanol–water partition coefficient (Wildman–Crippen LogP) is 2.54. The monoisotopic (exact) mass is 378 g/mol. The molecule has 28 heavy (non-hydrogen) atoms. The lowest BCUT2D eigenvalue weighted by Crippen LogP contribution is -2.28. The number of rotatable bonds is 7. The van der Waals surface area contributed by atoms with Crippen LogP contribution in [0.1, 0.15) is 42.2 Å². The first kappa shape index (κ1) is 19.2. The highest BCUT2D eigenvalue weighted by Crippen LogP contribution is 2.22. The first-order chi connectivity index (χ1) is 13.6. The Labute approximate surface area is 163 Å². The Hall–Kier alpha value is -3.55. The normalized spacial score (nSPS) is 10.7. The molecule has 0 aliphatic rings. The van der Waals surface area contributed by atoms with Crippen molar-refractivity contribution in [3.63, 3.8) is 0 Å². The van der Waals surface area contributed by atoms with E-state index in [9.17, 15) is 9.59 Å². The van der Waals surface area contributed by atoms with Gasteiger partial charge in [0.15, 0.2) is 5.82 Å². The first-order valence-electron chi connectivity index (χ1n) is 9.03. The van der Waals surface area contributed by atoms with Gasteiger partial charge < -0.3 is 10.6 Å². The molecule has 0 atom stereocenters. The summed E-state index contributed by atoms with van der Waals surface area (Å²) in [5.74, 6) is 0.266. The van der Waals surface area contributed by atoms with Crippen LogP contribution in [0.2, 0.25) is 0 Å². The molecule has 3 aromatic rings. The molecule has 0 bridgehead atoms. The molecule has 0 saturated heterocycles. The number of anilines is 1. The summed E-state index contributed by atoms with van der Waals surface area (Å²) in [5.41, 5.74) is 1.88. The molecular weight excluding hydrogens is 356 g/mol. The Morgan fingerprint density at radius 3 is 2.64 bits per heavy atom. The fourth-order valence-electron chi connectivity index (χ4n) is 2.79. The number of amides is 2. The van der Waals surface area contributed by atoms with Gasteiger partial charge in [-0.1, -0.05) is 19.9 Å². The molecule has 8 heteroatoms. The second kappa shape index (κ2) is 8.90. The molecule has 0 unspecified atom stereocenters. The van der Waals surface area contributed by atoms with Gasteiger partial charge in [-0.05, 0) is 30.2 Å². The van der Waals surface area contributed by atoms with Crippen LogP contribution >= 0.6 is 0 Å². The zero-order valence-electron chi connectivity index (χ0n) is 15.8. The van der Waals surface area contributed by atoms with E-state index in [0.29, 0.717) is 17.1 Å². The SMILES string of the molecule is CC(C)c1c(C(=O)NCCC(=O)Nc2cccnc2)cnn1-c1ccccn1. The van der Waals surface area contributed by atoms with Gasteiger partial charge in [0.05, 0.1) is 29.3 Å². The van der Waals surface area contributed by atoms with Crippen molar-refractivity contribution in [2.75, 3.05) is 11.9 Å². The summed E-state index contributed by atoms with van der Waals surface area (Å²) in [4.78, 5) is 32.8. The van der Waals surface area contributed by atoms with Crippen LogP contribution in [0.25, 0.3) is 5.82 Å². The lowest BCUT2D eigenvalue weighted by molar-refractivity contribution is -0.116. The third kappa shape index (κ3) is 4.59. The molecule has 3 aromatic heterocycles. The van der Waals surface area contributed by atoms with Gasteiger partial charge in [0, 0.05) is 25.4 Å². The standard InChI is InChI=1S/C20H22N6O2/c1-14(2)19-16(13-24-26(19)17-7-3-4-10-22-17)20(28)23-11-8-18(27)25-15-6-5-9-21-12-15/h3-7,9-10,12-14H,8,11H2,1-2H3,(H,23,28)(H,25,27). The summed E-state index contributed by atoms with van der Waals surface area (Å²) in [6.07, 6.45) is 6.58. The summed E-state index contributed by atoms with van der Waals surface area (Å²) in [7, 11) is 0. The highest BCUT2D eigenvalue weighted by molar-refractivity contribution is 5.96. The molecule has 144 valence electrons. The van der Waals surface area contributed by atoms with Gasteiger partial charge in [-0.2, -0.15) is 5.10 Å². The van der Waals surface area contributed by atoms with Gasteiger partial charge in [0.1, 0.15) is 0 Å². The molecule has 2 amide bonds. The Kier molecular flexibility index (Phi) is 6.11. The number of nitrogens with zero attached hydrogens (tertiary/aromatic N) is 4. The zero-order valence-corrected chi connectivity index (χ0v) is 15.8. The van der Waals surface area contributed by atoms with E-state index in [0.717, 1.165) is 5.69 Å². The minimum atomic E-state index is -0.264. The maximum Gasteiger partial charge on any atom is 0.254 e. The minimum Gasteiger partial charge on any atom is -0.351 e. The van der Waals surface area contributed by atoms with Crippen molar-refractivity contribution in [2.24, 2.45) is 0 Å². The molecule has 0 aliphatic carbocycles. The molecule has 0 spiro atoms. The number of pyridine rings is 2. The Balaban J connectivity index is 1.63. The van der Waals surface area contributed by atoms with Gasteiger partial charge in [0.2, 0.25) is 5.91 Å². The van der Waals surface area contributed by atoms with Crippen LogP contribution in [0.4, 0.5) is 5.69 Å². The molecule has 8 nitrogen and oxygen atoms in total. The van der Waals surface area contributed by atoms with E-state index in [2.05, 4.69) is 25.7 Å². The van der Waals surface area contributed by atoms with Crippen LogP contribution in [0.15, 0.2) is 55.1 Å². The van der Waals surface area contributed by atoms with Crippen LogP contribution in [0, 0.1) is 0 Å². The summed E-state index contributed by atoms with van der Waals surface area (Å²) < 4.78 is 1.68. The fraction of sp³-hybridized carbons (Fsp3) is 0.250. The van der Waals surface area contributed by atoms with E-state index in [1.165, 1.54) is 6.20 Å². The first-order valence-corrected chi connectivity index (χ1v) is 9.03. The molecule has 0 aromatic carbocycles. The number of hydrogen-bond donors (Lipinski definition) is 2. The van der Waals surface area contributed by atoms with Crippen molar-refractivity contribution in [3.8, 4) is 5.82 Å². The van der Waals surface area contributed by atoms with Crippen molar-refractivity contribution in [1.82, 2.24) is 25.1 Å². The molecule has 0 saturated carbocycles. The van der Waals surface area contributed by atoms with Crippen molar-refractivity contribution in [3.05, 3.63) is 66.4 Å². The number of carbonyl (C=O) groups excluding carboxylic acids is 2. The van der Waals surface area contributed by atoms with Crippen LogP contribution in [-0.2, 0) is 4.79 Å². The second-order valence-electron chi connectivity index (χ2n) is 6.49. The van der Waals surface area contributed by atoms with Gasteiger partial charge in [-0.25, -0.2) is 9.67 Å². The highest BCUT2D eigenvalue weighted by Gasteiger charge is 2.21. The minimum absolute atomic E-state index is 0.0686. The second-order valence-corrected chi connectivity index (χ2v) is 6.49. The molecule has 0 aliphatic heterocycles. The number of hydrogen-bond acceptors (Lipinski definition) is 5. The number of aromatic nitrogens is 4. The molecule has 3 heterocycles. The maximum atomic E-state index is 12.6. The average molecular weight is 378 g/mol. The summed E-state index contributed by atoms with van der Waals surface area (Å²) in [5, 5.41) is 9.85. The van der Waals surface area contributed by atoms with Gasteiger partial charge >= 0.3 is 0 Å². The highest BCUT2D eigenvalue weighted by atomic mass is 16.2. The van der Waals surface area contributed by atoms with Gasteiger partial charge in [0.25, 0.3) is 5.91 Å². The lowest BCUT2D eigenvalue weighted by atomic mass is 10.1. The summed E-state index contributed by atoms with van der Waals surface area (Å²) in [6.45, 7) is 4.21. The third-order valence-electron chi connectivity index (χ3n) is 4.05. The Bertz CT molecular complexity index is 938. The van der Waals surface area contributed by atoms with Crippen molar-refractivity contribution in [1.29, 1.82) is 0 Å². The van der Waals surface area contributed by atoms with E-state index in [1.54, 1.807) is 35.4 Å². The van der Waals surface area contributed by atoms with Gasteiger partial charge in [-0.15, -0.1) is 0 Å². The third-order valence-corrected chi connectivity index (χ3v) is 4.05. The van der Waals surface area contributed by atoms with E-state index >= 15 is 0 Å². The molecule has 0 radical (unpaired) electrons. The predicted molar refractivity (Wildman–Crippen MR) is 105 cm³/mol. The topological polar surface area (TPSA) is 102 Å². The number of nitrogens with one attached hydrogen (secondary N) is 2. The zero-order chi connectivity index (χ0) is 19.9. The van der Waals surface area contributed by atoms with Crippen molar-refractivity contribution < 1.29 is 9.59 Å². The average Bonchev–Trinajstić information content (AvgIpc) is 3.15. The molecular formula is C20H22N6O2. The maximum absolute atomic E-state index is 12.6. The number of carbonyl (C=O) groups is 2. The van der Waals surface area contributed by atoms with Crippen LogP contribution in [-0.4, -0.2) is 38.1 Å². The largest absolute Gasteiger partial charge is 0.351 e. The van der Waals surface area contributed by atoms with Gasteiger partial charge in [-0.3, -0.25) is 14.6 Å². The quantitative estimate of drug-likeness (QED) is 0.658. The molecule has 2 N–H and O–H groups in total. The van der Waals surface area contributed by atoms with E-state index in [1.807, 2.05) is 32.0 Å².